The molecular formula is C12H20N2OS2. The number of nitrogens with one attached hydrogen (secondary N) is 1. The van der Waals surface area contributed by atoms with Gasteiger partial charge in [0.05, 0.1) is 5.75 Å². The average Bonchev–Trinajstić information content (AvgIpc) is 2.82. The van der Waals surface area contributed by atoms with E-state index < -0.39 is 0 Å². The van der Waals surface area contributed by atoms with Crippen LogP contribution in [0.3, 0.4) is 0 Å². The fourth-order valence-electron chi connectivity index (χ4n) is 1.25. The lowest BCUT2D eigenvalue weighted by molar-refractivity contribution is -0.118. The maximum atomic E-state index is 11.5. The first-order chi connectivity index (χ1) is 8.22. The molecule has 5 heteroatoms. The summed E-state index contributed by atoms with van der Waals surface area (Å²) in [5, 5.41) is 4.97. The van der Waals surface area contributed by atoms with Crippen LogP contribution in [0.25, 0.3) is 0 Å². The summed E-state index contributed by atoms with van der Waals surface area (Å²) in [6.45, 7) is 2.78. The summed E-state index contributed by atoms with van der Waals surface area (Å²) in [5.41, 5.74) is 5.77. The van der Waals surface area contributed by atoms with Gasteiger partial charge in [0.2, 0.25) is 5.91 Å². The molecule has 0 bridgehead atoms. The molecule has 1 heterocycles. The Morgan fingerprint density at radius 3 is 3.12 bits per heavy atom. The van der Waals surface area contributed by atoms with E-state index in [4.69, 9.17) is 5.73 Å². The third kappa shape index (κ3) is 6.71. The largest absolute Gasteiger partial charge is 0.355 e. The minimum absolute atomic E-state index is 0.106. The Labute approximate surface area is 111 Å². The maximum Gasteiger partial charge on any atom is 0.230 e. The highest BCUT2D eigenvalue weighted by molar-refractivity contribution is 7.99. The minimum atomic E-state index is 0.106. The fourth-order valence-corrected chi connectivity index (χ4v) is 2.90. The van der Waals surface area contributed by atoms with Gasteiger partial charge in [0.1, 0.15) is 0 Å². The van der Waals surface area contributed by atoms with Crippen LogP contribution < -0.4 is 11.1 Å². The molecule has 0 radical (unpaired) electrons. The summed E-state index contributed by atoms with van der Waals surface area (Å²) in [6.07, 6.45) is 1.88. The smallest absolute Gasteiger partial charge is 0.230 e. The van der Waals surface area contributed by atoms with E-state index >= 15 is 0 Å². The quantitative estimate of drug-likeness (QED) is 0.759. The van der Waals surface area contributed by atoms with Crippen molar-refractivity contribution in [3.05, 3.63) is 22.4 Å². The first-order valence-electron chi connectivity index (χ1n) is 5.84. The molecule has 0 spiro atoms. The molecule has 0 fully saturated rings. The van der Waals surface area contributed by atoms with Crippen LogP contribution in [0.15, 0.2) is 17.5 Å². The Hall–Kier alpha value is -0.520. The molecule has 1 amide bonds. The topological polar surface area (TPSA) is 55.1 Å². The molecule has 0 saturated carbocycles. The molecule has 1 atom stereocenters. The Morgan fingerprint density at radius 1 is 1.65 bits per heavy atom. The number of carbonyl (C=O) groups excluding carboxylic acids is 1. The molecule has 3 N–H and O–H groups in total. The van der Waals surface area contributed by atoms with E-state index in [0.29, 0.717) is 5.75 Å². The lowest BCUT2D eigenvalue weighted by Gasteiger charge is -2.08. The molecular weight excluding hydrogens is 252 g/mol. The second kappa shape index (κ2) is 8.55. The second-order valence-corrected chi connectivity index (χ2v) is 5.93. The lowest BCUT2D eigenvalue weighted by Crippen LogP contribution is -2.28. The van der Waals surface area contributed by atoms with Gasteiger partial charge in [-0.3, -0.25) is 4.79 Å². The molecule has 1 aromatic heterocycles. The van der Waals surface area contributed by atoms with E-state index in [1.165, 1.54) is 4.88 Å². The van der Waals surface area contributed by atoms with Gasteiger partial charge in [0.25, 0.3) is 0 Å². The van der Waals surface area contributed by atoms with Crippen molar-refractivity contribution in [2.45, 2.75) is 25.8 Å². The lowest BCUT2D eigenvalue weighted by atomic mass is 10.3. The Bertz CT molecular complexity index is 314. The molecule has 0 aromatic carbocycles. The van der Waals surface area contributed by atoms with Crippen LogP contribution in [0, 0.1) is 0 Å². The molecule has 0 aliphatic rings. The summed E-state index contributed by atoms with van der Waals surface area (Å²) < 4.78 is 0. The number of amides is 1. The van der Waals surface area contributed by atoms with Crippen molar-refractivity contribution in [3.8, 4) is 0 Å². The van der Waals surface area contributed by atoms with Gasteiger partial charge in [0.15, 0.2) is 0 Å². The summed E-state index contributed by atoms with van der Waals surface area (Å²) in [4.78, 5) is 12.8. The van der Waals surface area contributed by atoms with Crippen LogP contribution >= 0.6 is 23.1 Å². The molecule has 0 aliphatic heterocycles. The van der Waals surface area contributed by atoms with E-state index in [9.17, 15) is 4.79 Å². The van der Waals surface area contributed by atoms with Gasteiger partial charge in [0, 0.05) is 23.2 Å². The van der Waals surface area contributed by atoms with Gasteiger partial charge >= 0.3 is 0 Å². The van der Waals surface area contributed by atoms with Crippen molar-refractivity contribution in [2.75, 3.05) is 18.1 Å². The van der Waals surface area contributed by atoms with Gasteiger partial charge in [-0.15, -0.1) is 11.3 Å². The monoisotopic (exact) mass is 272 g/mol. The van der Waals surface area contributed by atoms with Crippen LogP contribution in [-0.4, -0.2) is 30.0 Å². The Kier molecular flexibility index (Phi) is 7.32. The number of rotatable bonds is 8. The predicted molar refractivity (Wildman–Crippen MR) is 76.6 cm³/mol. The van der Waals surface area contributed by atoms with Crippen LogP contribution in [0.5, 0.6) is 0 Å². The summed E-state index contributed by atoms with van der Waals surface area (Å²) in [6, 6.07) is 4.33. The van der Waals surface area contributed by atoms with Gasteiger partial charge in [-0.25, -0.2) is 0 Å². The number of hydrogen-bond acceptors (Lipinski definition) is 4. The third-order valence-electron chi connectivity index (χ3n) is 2.36. The number of thiophene rings is 1. The van der Waals surface area contributed by atoms with E-state index in [0.717, 1.165) is 25.1 Å². The van der Waals surface area contributed by atoms with Crippen LogP contribution in [-0.2, 0) is 11.2 Å². The zero-order chi connectivity index (χ0) is 12.5. The average molecular weight is 272 g/mol. The molecule has 1 aromatic rings. The molecule has 1 unspecified atom stereocenters. The van der Waals surface area contributed by atoms with Crippen LogP contribution in [0.4, 0.5) is 0 Å². The number of carbonyl (C=O) groups is 1. The van der Waals surface area contributed by atoms with Crippen molar-refractivity contribution in [3.63, 3.8) is 0 Å². The van der Waals surface area contributed by atoms with E-state index in [1.807, 2.05) is 6.07 Å². The molecule has 0 aliphatic carbocycles. The van der Waals surface area contributed by atoms with Crippen molar-refractivity contribution in [1.29, 1.82) is 0 Å². The van der Waals surface area contributed by atoms with Gasteiger partial charge < -0.3 is 11.1 Å². The fraction of sp³-hybridized carbons (Fsp3) is 0.583. The highest BCUT2D eigenvalue weighted by Gasteiger charge is 2.04. The zero-order valence-corrected chi connectivity index (χ0v) is 11.8. The number of nitrogens with two attached hydrogens (primary N) is 1. The van der Waals surface area contributed by atoms with Crippen LogP contribution in [0.1, 0.15) is 18.2 Å². The first-order valence-corrected chi connectivity index (χ1v) is 7.88. The molecule has 1 rings (SSSR count). The minimum Gasteiger partial charge on any atom is -0.355 e. The molecule has 3 nitrogen and oxygen atoms in total. The predicted octanol–water partition coefficient (Wildman–Crippen LogP) is 1.88. The first kappa shape index (κ1) is 14.5. The molecule has 96 valence electrons. The highest BCUT2D eigenvalue weighted by Crippen LogP contribution is 2.08. The maximum absolute atomic E-state index is 11.5. The molecule has 0 saturated heterocycles. The van der Waals surface area contributed by atoms with E-state index in [-0.39, 0.29) is 11.9 Å². The highest BCUT2D eigenvalue weighted by atomic mass is 32.2. The number of hydrogen-bond donors (Lipinski definition) is 2. The second-order valence-electron chi connectivity index (χ2n) is 3.86. The zero-order valence-electron chi connectivity index (χ0n) is 10.1. The SMILES string of the molecule is CCC(N)CSCC(=O)NCCc1cccs1. The van der Waals surface area contributed by atoms with Crippen molar-refractivity contribution in [1.82, 2.24) is 5.32 Å². The van der Waals surface area contributed by atoms with E-state index in [2.05, 4.69) is 23.7 Å². The third-order valence-corrected chi connectivity index (χ3v) is 4.43. The van der Waals surface area contributed by atoms with E-state index in [1.54, 1.807) is 23.1 Å². The standard InChI is InChI=1S/C12H20N2OS2/c1-2-10(13)8-16-9-12(15)14-6-5-11-4-3-7-17-11/h3-4,7,10H,2,5-6,8-9,13H2,1H3,(H,14,15). The summed E-state index contributed by atoms with van der Waals surface area (Å²) >= 11 is 3.33. The Morgan fingerprint density at radius 2 is 2.47 bits per heavy atom. The number of thioether (sulfide) groups is 1. The van der Waals surface area contributed by atoms with Crippen LogP contribution in [0.2, 0.25) is 0 Å². The normalized spacial score (nSPS) is 12.4. The Balaban J connectivity index is 2.01. The summed E-state index contributed by atoms with van der Waals surface area (Å²) in [5.74, 6) is 1.47. The van der Waals surface area contributed by atoms with Crippen molar-refractivity contribution < 1.29 is 4.79 Å². The van der Waals surface area contributed by atoms with Gasteiger partial charge in [-0.1, -0.05) is 13.0 Å². The summed E-state index contributed by atoms with van der Waals surface area (Å²) in [7, 11) is 0. The van der Waals surface area contributed by atoms with Crippen molar-refractivity contribution in [2.24, 2.45) is 5.73 Å². The van der Waals surface area contributed by atoms with Gasteiger partial charge in [-0.2, -0.15) is 11.8 Å². The van der Waals surface area contributed by atoms with Crippen molar-refractivity contribution >= 4 is 29.0 Å². The van der Waals surface area contributed by atoms with Gasteiger partial charge in [-0.05, 0) is 24.3 Å². The molecule has 17 heavy (non-hydrogen) atoms.